The lowest BCUT2D eigenvalue weighted by atomic mass is 9.80. The molecule has 0 bridgehead atoms. The van der Waals surface area contributed by atoms with Gasteiger partial charge in [0.05, 0.1) is 0 Å². The van der Waals surface area contributed by atoms with Crippen LogP contribution in [0, 0.1) is 0 Å². The van der Waals surface area contributed by atoms with Gasteiger partial charge in [0.15, 0.2) is 11.6 Å². The standard InChI is InChI=1S/C55H37N3/c1-4-16-36(17-5-1)43-32-33-50(45-23-11-10-22-44(43)45)55-57-53(38-20-8-3-9-21-38)56-54(58-55)42-31-29-39-34-41(30-28-40(39)35-42)52-48-26-14-12-24-46(48)51(37-18-6-2-7-19-37)47-25-13-15-27-49(47)52/h1-32,34-35,50H,33H2. The highest BCUT2D eigenvalue weighted by molar-refractivity contribution is 6.21. The van der Waals surface area contributed by atoms with Crippen LogP contribution in [0.3, 0.4) is 0 Å². The van der Waals surface area contributed by atoms with Crippen molar-refractivity contribution in [2.75, 3.05) is 0 Å². The minimum absolute atomic E-state index is 0.00573. The Bertz CT molecular complexity index is 3130. The van der Waals surface area contributed by atoms with Gasteiger partial charge in [0.25, 0.3) is 0 Å². The van der Waals surface area contributed by atoms with Crippen molar-refractivity contribution in [2.45, 2.75) is 12.3 Å². The molecule has 0 saturated carbocycles. The van der Waals surface area contributed by atoms with Crippen LogP contribution in [0.25, 0.3) is 82.9 Å². The molecule has 0 aliphatic heterocycles. The third kappa shape index (κ3) is 5.88. The molecule has 10 aromatic rings. The largest absolute Gasteiger partial charge is 0.212 e. The van der Waals surface area contributed by atoms with E-state index in [2.05, 4.69) is 188 Å². The van der Waals surface area contributed by atoms with Crippen molar-refractivity contribution in [3.63, 3.8) is 0 Å². The summed E-state index contributed by atoms with van der Waals surface area (Å²) in [6, 6.07) is 71.5. The van der Waals surface area contributed by atoms with E-state index in [0.29, 0.717) is 11.6 Å². The number of hydrogen-bond acceptors (Lipinski definition) is 3. The molecule has 0 spiro atoms. The van der Waals surface area contributed by atoms with E-state index in [1.54, 1.807) is 0 Å². The van der Waals surface area contributed by atoms with Crippen molar-refractivity contribution in [3.8, 4) is 45.0 Å². The molecular weight excluding hydrogens is 703 g/mol. The lowest BCUT2D eigenvalue weighted by Gasteiger charge is -2.25. The van der Waals surface area contributed by atoms with Crippen molar-refractivity contribution in [1.29, 1.82) is 0 Å². The van der Waals surface area contributed by atoms with Crippen LogP contribution in [0.4, 0.5) is 0 Å². The van der Waals surface area contributed by atoms with Gasteiger partial charge >= 0.3 is 0 Å². The van der Waals surface area contributed by atoms with E-state index in [0.717, 1.165) is 28.8 Å². The van der Waals surface area contributed by atoms with Gasteiger partial charge < -0.3 is 0 Å². The fourth-order valence-electron chi connectivity index (χ4n) is 8.94. The van der Waals surface area contributed by atoms with Crippen LogP contribution in [0.1, 0.15) is 34.9 Å². The Morgan fingerprint density at radius 3 is 1.45 bits per heavy atom. The van der Waals surface area contributed by atoms with E-state index in [-0.39, 0.29) is 5.92 Å². The van der Waals surface area contributed by atoms with Gasteiger partial charge in [-0.25, -0.2) is 15.0 Å². The molecule has 11 rings (SSSR count). The second-order valence-corrected chi connectivity index (χ2v) is 15.1. The van der Waals surface area contributed by atoms with Crippen molar-refractivity contribution in [1.82, 2.24) is 15.0 Å². The average Bonchev–Trinajstić information content (AvgIpc) is 3.30. The maximum atomic E-state index is 5.27. The normalized spacial score (nSPS) is 13.7. The van der Waals surface area contributed by atoms with Gasteiger partial charge in [-0.2, -0.15) is 0 Å². The zero-order valence-electron chi connectivity index (χ0n) is 31.8. The van der Waals surface area contributed by atoms with Crippen LogP contribution in [-0.4, -0.2) is 15.0 Å². The Hall–Kier alpha value is -7.49. The Morgan fingerprint density at radius 1 is 0.362 bits per heavy atom. The topological polar surface area (TPSA) is 38.7 Å². The smallest absolute Gasteiger partial charge is 0.163 e. The quantitative estimate of drug-likeness (QED) is 0.159. The molecule has 0 N–H and O–H groups in total. The molecule has 1 atom stereocenters. The summed E-state index contributed by atoms with van der Waals surface area (Å²) >= 11 is 0. The fourth-order valence-corrected chi connectivity index (χ4v) is 8.94. The zero-order valence-corrected chi connectivity index (χ0v) is 31.8. The molecule has 9 aromatic carbocycles. The van der Waals surface area contributed by atoms with Crippen LogP contribution in [0.5, 0.6) is 0 Å². The van der Waals surface area contributed by atoms with Crippen molar-refractivity contribution < 1.29 is 0 Å². The summed E-state index contributed by atoms with van der Waals surface area (Å²) in [5.41, 5.74) is 11.8. The summed E-state index contributed by atoms with van der Waals surface area (Å²) in [6.45, 7) is 0. The van der Waals surface area contributed by atoms with Crippen molar-refractivity contribution >= 4 is 37.9 Å². The van der Waals surface area contributed by atoms with Gasteiger partial charge in [-0.1, -0.05) is 194 Å². The van der Waals surface area contributed by atoms with Crippen LogP contribution in [-0.2, 0) is 0 Å². The van der Waals surface area contributed by atoms with E-state index < -0.39 is 0 Å². The first-order chi connectivity index (χ1) is 28.8. The van der Waals surface area contributed by atoms with E-state index in [9.17, 15) is 0 Å². The SMILES string of the molecule is C1=C(c2ccccc2)c2ccccc2C(c2nc(-c3ccccc3)nc(-c3ccc4cc(-c5c6ccccc6c(-c6ccccc6)c6ccccc56)ccc4c3)n2)C1. The number of aromatic nitrogens is 3. The molecule has 0 fully saturated rings. The van der Waals surface area contributed by atoms with Crippen LogP contribution in [0.2, 0.25) is 0 Å². The first kappa shape index (κ1) is 33.8. The van der Waals surface area contributed by atoms with Gasteiger partial charge in [0, 0.05) is 17.0 Å². The predicted octanol–water partition coefficient (Wildman–Crippen LogP) is 14.0. The number of fused-ring (bicyclic) bond motifs is 4. The molecule has 0 radical (unpaired) electrons. The summed E-state index contributed by atoms with van der Waals surface area (Å²) < 4.78 is 0. The molecule has 3 heteroatoms. The minimum Gasteiger partial charge on any atom is -0.212 e. The number of hydrogen-bond donors (Lipinski definition) is 0. The average molecular weight is 740 g/mol. The lowest BCUT2D eigenvalue weighted by molar-refractivity contribution is 0.738. The highest BCUT2D eigenvalue weighted by Gasteiger charge is 2.27. The molecule has 1 aromatic heterocycles. The predicted molar refractivity (Wildman–Crippen MR) is 241 cm³/mol. The summed E-state index contributed by atoms with van der Waals surface area (Å²) in [6.07, 6.45) is 3.15. The third-order valence-electron chi connectivity index (χ3n) is 11.6. The summed E-state index contributed by atoms with van der Waals surface area (Å²) in [5.74, 6) is 2.14. The number of rotatable bonds is 6. The molecule has 3 nitrogen and oxygen atoms in total. The molecule has 1 unspecified atom stereocenters. The Kier molecular flexibility index (Phi) is 8.29. The van der Waals surface area contributed by atoms with E-state index in [1.165, 1.54) is 71.4 Å². The first-order valence-electron chi connectivity index (χ1n) is 20.0. The molecule has 58 heavy (non-hydrogen) atoms. The molecule has 1 aliphatic rings. The monoisotopic (exact) mass is 739 g/mol. The first-order valence-corrected chi connectivity index (χ1v) is 20.0. The second kappa shape index (κ2) is 14.2. The summed E-state index contributed by atoms with van der Waals surface area (Å²) in [5, 5.41) is 7.31. The van der Waals surface area contributed by atoms with Crippen molar-refractivity contribution in [3.05, 3.63) is 229 Å². The van der Waals surface area contributed by atoms with E-state index >= 15 is 0 Å². The fraction of sp³-hybridized carbons (Fsp3) is 0.0364. The maximum Gasteiger partial charge on any atom is 0.163 e. The Morgan fingerprint density at radius 2 is 0.828 bits per heavy atom. The molecular formula is C55H37N3. The van der Waals surface area contributed by atoms with Crippen molar-refractivity contribution in [2.24, 2.45) is 0 Å². The molecule has 0 amide bonds. The molecule has 1 aliphatic carbocycles. The summed E-state index contributed by atoms with van der Waals surface area (Å²) in [7, 11) is 0. The van der Waals surface area contributed by atoms with Crippen LogP contribution >= 0.6 is 0 Å². The van der Waals surface area contributed by atoms with Gasteiger partial charge in [-0.05, 0) is 95.4 Å². The van der Waals surface area contributed by atoms with Gasteiger partial charge in [0.1, 0.15) is 5.82 Å². The Balaban J connectivity index is 1.03. The van der Waals surface area contributed by atoms with Crippen LogP contribution < -0.4 is 0 Å². The summed E-state index contributed by atoms with van der Waals surface area (Å²) in [4.78, 5) is 15.6. The number of nitrogens with zero attached hydrogens (tertiary/aromatic N) is 3. The minimum atomic E-state index is -0.00573. The Labute approximate surface area is 337 Å². The lowest BCUT2D eigenvalue weighted by Crippen LogP contribution is -2.14. The number of benzene rings is 9. The highest BCUT2D eigenvalue weighted by Crippen LogP contribution is 2.45. The zero-order chi connectivity index (χ0) is 38.4. The van der Waals surface area contributed by atoms with Gasteiger partial charge in [-0.15, -0.1) is 0 Å². The highest BCUT2D eigenvalue weighted by atomic mass is 15.0. The molecule has 1 heterocycles. The van der Waals surface area contributed by atoms with E-state index in [1.807, 2.05) is 18.2 Å². The molecule has 0 saturated heterocycles. The van der Waals surface area contributed by atoms with Crippen LogP contribution in [0.15, 0.2) is 206 Å². The molecule has 272 valence electrons. The van der Waals surface area contributed by atoms with E-state index in [4.69, 9.17) is 15.0 Å². The third-order valence-corrected chi connectivity index (χ3v) is 11.6. The van der Waals surface area contributed by atoms with Gasteiger partial charge in [0.2, 0.25) is 0 Å². The second-order valence-electron chi connectivity index (χ2n) is 15.1. The number of allylic oxidation sites excluding steroid dienone is 1. The van der Waals surface area contributed by atoms with Gasteiger partial charge in [-0.3, -0.25) is 0 Å². The maximum absolute atomic E-state index is 5.27.